The zero-order chi connectivity index (χ0) is 21.5. The molecule has 1 saturated heterocycles. The van der Waals surface area contributed by atoms with Gasteiger partial charge in [-0.15, -0.1) is 0 Å². The molecule has 9 heteroatoms. The van der Waals surface area contributed by atoms with E-state index in [1.165, 1.54) is 0 Å². The van der Waals surface area contributed by atoms with E-state index in [0.717, 1.165) is 17.5 Å². The molecule has 0 spiro atoms. The number of anilines is 1. The van der Waals surface area contributed by atoms with Gasteiger partial charge in [0.15, 0.2) is 5.84 Å². The molecular weight excluding hydrogens is 382 g/mol. The van der Waals surface area contributed by atoms with Crippen molar-refractivity contribution in [3.05, 3.63) is 41.7 Å². The normalized spacial score (nSPS) is 27.4. The van der Waals surface area contributed by atoms with Gasteiger partial charge in [0.25, 0.3) is 5.91 Å². The first kappa shape index (κ1) is 19.9. The van der Waals surface area contributed by atoms with Crippen molar-refractivity contribution in [1.82, 2.24) is 15.8 Å². The molecule has 1 aromatic rings. The molecule has 2 bridgehead atoms. The van der Waals surface area contributed by atoms with Crippen molar-refractivity contribution in [2.75, 3.05) is 5.32 Å². The molecule has 2 fully saturated rings. The molecule has 2 unspecified atom stereocenters. The number of nitrogens with zero attached hydrogens (tertiary/aromatic N) is 3. The standard InChI is InChI=1S/C21H27N7O2/c1-12-8-16-11-21(10-12,19(29)25-14(3)22)28(16)20(30)26-15-5-4-13(2)17(9-15)18-23-6-7-24-27-18/h4-7,9,12,16,24H,8,10-11H2,1-3H3,(H,23,27)(H,26,30)(H2,22,25,29)/t12-,16?,21?/m1/s1. The summed E-state index contributed by atoms with van der Waals surface area (Å²) in [6.07, 6.45) is 5.47. The SMILES string of the molecule is CC(N)=NC(=O)C12CC(C[C@@H](C)C1)N2C(=O)Nc1ccc(C)c(C2=NC=CNN2)c1. The number of benzene rings is 1. The first-order valence-electron chi connectivity index (χ1n) is 10.1. The van der Waals surface area contributed by atoms with Gasteiger partial charge in [-0.3, -0.25) is 10.2 Å². The van der Waals surface area contributed by atoms with E-state index < -0.39 is 5.54 Å². The van der Waals surface area contributed by atoms with E-state index in [2.05, 4.69) is 33.1 Å². The lowest BCUT2D eigenvalue weighted by atomic mass is 9.64. The molecule has 30 heavy (non-hydrogen) atoms. The number of piperidine rings is 1. The number of rotatable bonds is 3. The van der Waals surface area contributed by atoms with Crippen molar-refractivity contribution >= 4 is 29.3 Å². The monoisotopic (exact) mass is 409 g/mol. The predicted molar refractivity (Wildman–Crippen MR) is 116 cm³/mol. The van der Waals surface area contributed by atoms with Crippen LogP contribution in [-0.2, 0) is 4.79 Å². The number of hydrogen-bond acceptors (Lipinski definition) is 5. The van der Waals surface area contributed by atoms with E-state index in [1.807, 2.05) is 25.1 Å². The third kappa shape index (κ3) is 3.40. The number of amides is 3. The second-order valence-corrected chi connectivity index (χ2v) is 8.39. The zero-order valence-corrected chi connectivity index (χ0v) is 17.4. The van der Waals surface area contributed by atoms with Crippen LogP contribution in [0.3, 0.4) is 0 Å². The van der Waals surface area contributed by atoms with Crippen LogP contribution >= 0.6 is 0 Å². The maximum atomic E-state index is 13.2. The number of nitrogens with two attached hydrogens (primary N) is 1. The highest BCUT2D eigenvalue weighted by Gasteiger charge is 2.62. The van der Waals surface area contributed by atoms with Crippen LogP contribution in [0.1, 0.15) is 44.2 Å². The topological polar surface area (TPSA) is 124 Å². The van der Waals surface area contributed by atoms with Gasteiger partial charge in [-0.05, 0) is 50.3 Å². The van der Waals surface area contributed by atoms with Gasteiger partial charge in [0.05, 0.1) is 5.84 Å². The molecule has 2 heterocycles. The van der Waals surface area contributed by atoms with Gasteiger partial charge >= 0.3 is 6.03 Å². The van der Waals surface area contributed by atoms with E-state index in [0.29, 0.717) is 30.3 Å². The molecule has 3 atom stereocenters. The molecule has 2 aliphatic heterocycles. The first-order valence-corrected chi connectivity index (χ1v) is 10.1. The number of aryl methyl sites for hydroxylation is 1. The van der Waals surface area contributed by atoms with Gasteiger partial charge in [0, 0.05) is 36.1 Å². The Morgan fingerprint density at radius 3 is 2.87 bits per heavy atom. The Bertz CT molecular complexity index is 980. The van der Waals surface area contributed by atoms with Crippen LogP contribution in [-0.4, -0.2) is 40.1 Å². The molecule has 1 saturated carbocycles. The molecular formula is C21H27N7O2. The highest BCUT2D eigenvalue weighted by atomic mass is 16.2. The van der Waals surface area contributed by atoms with Crippen LogP contribution in [0.15, 0.2) is 40.6 Å². The number of aliphatic imine (C=N–C) groups is 2. The fourth-order valence-electron chi connectivity index (χ4n) is 4.78. The van der Waals surface area contributed by atoms with E-state index >= 15 is 0 Å². The Morgan fingerprint density at radius 1 is 1.37 bits per heavy atom. The average molecular weight is 409 g/mol. The Balaban J connectivity index is 1.58. The molecule has 5 N–H and O–H groups in total. The number of hydrogen-bond donors (Lipinski definition) is 4. The van der Waals surface area contributed by atoms with Crippen molar-refractivity contribution in [1.29, 1.82) is 0 Å². The van der Waals surface area contributed by atoms with Gasteiger partial charge in [0.1, 0.15) is 5.54 Å². The minimum absolute atomic E-state index is 0.0367. The second kappa shape index (κ2) is 7.47. The Morgan fingerprint density at radius 2 is 2.17 bits per heavy atom. The number of carbonyl (C=O) groups excluding carboxylic acids is 2. The van der Waals surface area contributed by atoms with E-state index in [4.69, 9.17) is 5.73 Å². The number of urea groups is 1. The lowest BCUT2D eigenvalue weighted by molar-refractivity contribution is -0.151. The maximum absolute atomic E-state index is 13.2. The third-order valence-electron chi connectivity index (χ3n) is 5.95. The summed E-state index contributed by atoms with van der Waals surface area (Å²) in [5.74, 6) is 0.902. The quantitative estimate of drug-likeness (QED) is 0.449. The average Bonchev–Trinajstić information content (AvgIpc) is 2.68. The van der Waals surface area contributed by atoms with E-state index in [9.17, 15) is 9.59 Å². The number of amidine groups is 2. The second-order valence-electron chi connectivity index (χ2n) is 8.39. The van der Waals surface area contributed by atoms with Crippen molar-refractivity contribution in [2.45, 2.75) is 51.6 Å². The number of likely N-dealkylation sites (tertiary alicyclic amines) is 1. The lowest BCUT2D eigenvalue weighted by Crippen LogP contribution is -2.75. The van der Waals surface area contributed by atoms with Crippen molar-refractivity contribution in [3.63, 3.8) is 0 Å². The van der Waals surface area contributed by atoms with Crippen molar-refractivity contribution in [3.8, 4) is 0 Å². The largest absolute Gasteiger partial charge is 0.387 e. The summed E-state index contributed by atoms with van der Waals surface area (Å²) in [4.78, 5) is 36.0. The van der Waals surface area contributed by atoms with E-state index in [-0.39, 0.29) is 23.8 Å². The van der Waals surface area contributed by atoms with Crippen LogP contribution in [0.5, 0.6) is 0 Å². The fourth-order valence-corrected chi connectivity index (χ4v) is 4.78. The molecule has 158 valence electrons. The van der Waals surface area contributed by atoms with Crippen molar-refractivity contribution in [2.24, 2.45) is 21.6 Å². The Labute approximate surface area is 175 Å². The molecule has 0 aromatic heterocycles. The Hall–Kier alpha value is -3.36. The van der Waals surface area contributed by atoms with Crippen LogP contribution < -0.4 is 21.9 Å². The molecule has 0 radical (unpaired) electrons. The molecule has 3 amide bonds. The van der Waals surface area contributed by atoms with Gasteiger partial charge in [-0.25, -0.2) is 9.79 Å². The minimum atomic E-state index is -0.899. The number of carbonyl (C=O) groups is 2. The molecule has 1 aromatic carbocycles. The highest BCUT2D eigenvalue weighted by molar-refractivity contribution is 6.04. The minimum Gasteiger partial charge on any atom is -0.387 e. The summed E-state index contributed by atoms with van der Waals surface area (Å²) in [5, 5.41) is 2.96. The van der Waals surface area contributed by atoms with Crippen LogP contribution in [0.25, 0.3) is 0 Å². The van der Waals surface area contributed by atoms with Crippen molar-refractivity contribution < 1.29 is 9.59 Å². The summed E-state index contributed by atoms with van der Waals surface area (Å²) in [6.45, 7) is 5.67. The molecule has 9 nitrogen and oxygen atoms in total. The Kier molecular flexibility index (Phi) is 4.97. The lowest BCUT2D eigenvalue weighted by Gasteiger charge is -2.61. The summed E-state index contributed by atoms with van der Waals surface area (Å²) >= 11 is 0. The van der Waals surface area contributed by atoms with Gasteiger partial charge in [-0.1, -0.05) is 13.0 Å². The third-order valence-corrected chi connectivity index (χ3v) is 5.95. The summed E-state index contributed by atoms with van der Waals surface area (Å²) in [7, 11) is 0. The first-order chi connectivity index (χ1) is 14.3. The smallest absolute Gasteiger partial charge is 0.323 e. The number of hydrazine groups is 1. The van der Waals surface area contributed by atoms with Gasteiger partial charge in [-0.2, -0.15) is 4.99 Å². The van der Waals surface area contributed by atoms with Gasteiger partial charge in [0.2, 0.25) is 0 Å². The van der Waals surface area contributed by atoms with Crippen LogP contribution in [0.4, 0.5) is 10.5 Å². The summed E-state index contributed by atoms with van der Waals surface area (Å²) in [5.41, 5.74) is 13.2. The predicted octanol–water partition coefficient (Wildman–Crippen LogP) is 2.00. The van der Waals surface area contributed by atoms with Gasteiger partial charge < -0.3 is 21.4 Å². The van der Waals surface area contributed by atoms with Crippen LogP contribution in [0, 0.1) is 12.8 Å². The molecule has 3 aliphatic rings. The fraction of sp³-hybridized carbons (Fsp3) is 0.429. The zero-order valence-electron chi connectivity index (χ0n) is 17.4. The summed E-state index contributed by atoms with van der Waals surface area (Å²) in [6, 6.07) is 5.39. The maximum Gasteiger partial charge on any atom is 0.323 e. The van der Waals surface area contributed by atoms with E-state index in [1.54, 1.807) is 24.2 Å². The number of fused-ring (bicyclic) bond motifs is 2. The molecule has 1 aliphatic carbocycles. The number of nitrogens with one attached hydrogen (secondary N) is 3. The molecule has 4 rings (SSSR count). The summed E-state index contributed by atoms with van der Waals surface area (Å²) < 4.78 is 0. The highest BCUT2D eigenvalue weighted by Crippen LogP contribution is 2.50. The van der Waals surface area contributed by atoms with Crippen LogP contribution in [0.2, 0.25) is 0 Å².